The summed E-state index contributed by atoms with van der Waals surface area (Å²) in [6, 6.07) is 5.42. The number of nitrogens with zero attached hydrogens (tertiary/aromatic N) is 1. The zero-order chi connectivity index (χ0) is 15.2. The molecule has 1 fully saturated rings. The molecule has 116 valence electrons. The van der Waals surface area contributed by atoms with Crippen LogP contribution >= 0.6 is 0 Å². The lowest BCUT2D eigenvalue weighted by atomic mass is 10.1. The number of carbonyl (C=O) groups excluding carboxylic acids is 1. The summed E-state index contributed by atoms with van der Waals surface area (Å²) >= 11 is 0. The number of likely N-dealkylation sites (N-methyl/N-ethyl adjacent to an activating group) is 1. The first-order valence-electron chi connectivity index (χ1n) is 7.33. The Morgan fingerprint density at radius 1 is 1.52 bits per heavy atom. The van der Waals surface area contributed by atoms with E-state index in [1.54, 1.807) is 12.1 Å². The number of nitrogens with one attached hydrogen (secondary N) is 2. The molecule has 0 radical (unpaired) electrons. The van der Waals surface area contributed by atoms with Gasteiger partial charge >= 0.3 is 0 Å². The third-order valence-electron chi connectivity index (χ3n) is 3.80. The van der Waals surface area contributed by atoms with Gasteiger partial charge in [-0.05, 0) is 37.2 Å². The minimum absolute atomic E-state index is 0.0629. The summed E-state index contributed by atoms with van der Waals surface area (Å²) in [5, 5.41) is 2.95. The van der Waals surface area contributed by atoms with E-state index in [4.69, 9.17) is 10.6 Å². The van der Waals surface area contributed by atoms with E-state index in [2.05, 4.69) is 22.6 Å². The molecule has 1 aliphatic heterocycles. The van der Waals surface area contributed by atoms with Crippen molar-refractivity contribution in [3.63, 3.8) is 0 Å². The van der Waals surface area contributed by atoms with Crippen LogP contribution in [0.2, 0.25) is 0 Å². The maximum Gasteiger partial charge on any atom is 0.251 e. The largest absolute Gasteiger partial charge is 0.374 e. The van der Waals surface area contributed by atoms with Gasteiger partial charge in [0.25, 0.3) is 5.91 Å². The highest BCUT2D eigenvalue weighted by Gasteiger charge is 2.20. The van der Waals surface area contributed by atoms with Gasteiger partial charge in [0.1, 0.15) is 0 Å². The van der Waals surface area contributed by atoms with Crippen LogP contribution in [0.4, 0.5) is 5.69 Å². The van der Waals surface area contributed by atoms with E-state index >= 15 is 0 Å². The summed E-state index contributed by atoms with van der Waals surface area (Å²) in [6.07, 6.45) is 0.0629. The van der Waals surface area contributed by atoms with Gasteiger partial charge in [-0.2, -0.15) is 0 Å². The summed E-state index contributed by atoms with van der Waals surface area (Å²) in [7, 11) is 0. The zero-order valence-electron chi connectivity index (χ0n) is 12.7. The van der Waals surface area contributed by atoms with Crippen LogP contribution in [0, 0.1) is 6.92 Å². The number of nitrogen functional groups attached to an aromatic ring is 1. The van der Waals surface area contributed by atoms with E-state index in [9.17, 15) is 4.79 Å². The number of ether oxygens (including phenoxy) is 1. The van der Waals surface area contributed by atoms with Gasteiger partial charge in [-0.1, -0.05) is 6.92 Å². The third-order valence-corrected chi connectivity index (χ3v) is 3.80. The Balaban J connectivity index is 1.89. The summed E-state index contributed by atoms with van der Waals surface area (Å²) < 4.78 is 5.68. The number of amides is 1. The summed E-state index contributed by atoms with van der Waals surface area (Å²) in [4.78, 5) is 14.6. The number of rotatable bonds is 5. The second-order valence-electron chi connectivity index (χ2n) is 5.27. The van der Waals surface area contributed by atoms with Crippen molar-refractivity contribution in [1.29, 1.82) is 0 Å². The van der Waals surface area contributed by atoms with Crippen molar-refractivity contribution in [3.05, 3.63) is 29.3 Å². The average Bonchev–Trinajstić information content (AvgIpc) is 2.52. The fourth-order valence-corrected chi connectivity index (χ4v) is 2.50. The van der Waals surface area contributed by atoms with Crippen LogP contribution in [0.15, 0.2) is 18.2 Å². The molecule has 0 saturated carbocycles. The van der Waals surface area contributed by atoms with Crippen molar-refractivity contribution in [1.82, 2.24) is 10.2 Å². The smallest absolute Gasteiger partial charge is 0.251 e. The predicted molar refractivity (Wildman–Crippen MR) is 83.2 cm³/mol. The van der Waals surface area contributed by atoms with Gasteiger partial charge in [-0.15, -0.1) is 0 Å². The molecule has 0 spiro atoms. The van der Waals surface area contributed by atoms with E-state index in [1.165, 1.54) is 0 Å². The molecule has 1 heterocycles. The lowest BCUT2D eigenvalue weighted by molar-refractivity contribution is -0.0246. The van der Waals surface area contributed by atoms with Crippen LogP contribution in [-0.2, 0) is 4.74 Å². The minimum atomic E-state index is -0.0757. The van der Waals surface area contributed by atoms with Crippen LogP contribution in [0.3, 0.4) is 0 Å². The first-order chi connectivity index (χ1) is 10.1. The molecule has 21 heavy (non-hydrogen) atoms. The van der Waals surface area contributed by atoms with E-state index in [-0.39, 0.29) is 12.0 Å². The monoisotopic (exact) mass is 292 g/mol. The second-order valence-corrected chi connectivity index (χ2v) is 5.27. The number of morpholine rings is 1. The van der Waals surface area contributed by atoms with Gasteiger partial charge in [0.05, 0.1) is 12.7 Å². The number of aryl methyl sites for hydroxylation is 1. The zero-order valence-corrected chi connectivity index (χ0v) is 12.7. The van der Waals surface area contributed by atoms with E-state index in [0.717, 1.165) is 37.5 Å². The molecule has 1 saturated heterocycles. The lowest BCUT2D eigenvalue weighted by Crippen LogP contribution is -2.47. The van der Waals surface area contributed by atoms with Crippen LogP contribution < -0.4 is 16.6 Å². The summed E-state index contributed by atoms with van der Waals surface area (Å²) in [5.41, 5.74) is 4.92. The molecule has 0 bridgehead atoms. The van der Waals surface area contributed by atoms with Gasteiger partial charge in [-0.25, -0.2) is 0 Å². The summed E-state index contributed by atoms with van der Waals surface area (Å²) in [5.74, 6) is 5.28. The number of carbonyl (C=O) groups is 1. The Morgan fingerprint density at radius 3 is 3.00 bits per heavy atom. The standard InChI is InChI=1S/C15H24N4O2/c1-3-19-6-7-21-13(10-19)9-17-15(20)14-5-4-12(18-16)8-11(14)2/h4-5,8,13,18H,3,6-7,9-10,16H2,1-2H3,(H,17,20). The fraction of sp³-hybridized carbons (Fsp3) is 0.533. The average molecular weight is 292 g/mol. The van der Waals surface area contributed by atoms with Crippen molar-refractivity contribution in [2.45, 2.75) is 20.0 Å². The SMILES string of the molecule is CCN1CCOC(CNC(=O)c2ccc(NN)cc2C)C1. The Labute approximate surface area is 125 Å². The molecule has 1 atom stereocenters. The molecule has 6 heteroatoms. The fourth-order valence-electron chi connectivity index (χ4n) is 2.50. The van der Waals surface area contributed by atoms with Crippen molar-refractivity contribution >= 4 is 11.6 Å². The van der Waals surface area contributed by atoms with Gasteiger partial charge in [0, 0.05) is 30.9 Å². The van der Waals surface area contributed by atoms with Crippen LogP contribution in [0.1, 0.15) is 22.8 Å². The first-order valence-corrected chi connectivity index (χ1v) is 7.33. The number of hydrazine groups is 1. The molecule has 2 rings (SSSR count). The predicted octanol–water partition coefficient (Wildman–Crippen LogP) is 0.731. The Bertz CT molecular complexity index is 493. The van der Waals surface area contributed by atoms with Gasteiger partial charge < -0.3 is 15.5 Å². The first kappa shape index (κ1) is 15.8. The van der Waals surface area contributed by atoms with E-state index in [0.29, 0.717) is 12.1 Å². The van der Waals surface area contributed by atoms with Crippen LogP contribution in [0.25, 0.3) is 0 Å². The molecule has 1 amide bonds. The second kappa shape index (κ2) is 7.40. The van der Waals surface area contributed by atoms with Crippen molar-refractivity contribution in [3.8, 4) is 0 Å². The van der Waals surface area contributed by atoms with Crippen LogP contribution in [-0.4, -0.2) is 49.7 Å². The van der Waals surface area contributed by atoms with E-state index in [1.807, 2.05) is 13.0 Å². The highest BCUT2D eigenvalue weighted by molar-refractivity contribution is 5.96. The molecule has 4 N–H and O–H groups in total. The summed E-state index contributed by atoms with van der Waals surface area (Å²) in [6.45, 7) is 8.14. The molecule has 0 aromatic heterocycles. The molecular formula is C15H24N4O2. The molecule has 1 aliphatic rings. The van der Waals surface area contributed by atoms with Gasteiger partial charge in [-0.3, -0.25) is 15.5 Å². The minimum Gasteiger partial charge on any atom is -0.374 e. The molecule has 0 aliphatic carbocycles. The van der Waals surface area contributed by atoms with Gasteiger partial charge in [0.15, 0.2) is 0 Å². The van der Waals surface area contributed by atoms with E-state index < -0.39 is 0 Å². The maximum absolute atomic E-state index is 12.2. The Morgan fingerprint density at radius 2 is 2.33 bits per heavy atom. The normalized spacial score (nSPS) is 19.3. The van der Waals surface area contributed by atoms with Crippen molar-refractivity contribution < 1.29 is 9.53 Å². The lowest BCUT2D eigenvalue weighted by Gasteiger charge is -2.32. The topological polar surface area (TPSA) is 79.6 Å². The highest BCUT2D eigenvalue weighted by atomic mass is 16.5. The maximum atomic E-state index is 12.2. The van der Waals surface area contributed by atoms with Gasteiger partial charge in [0.2, 0.25) is 0 Å². The molecule has 1 aromatic carbocycles. The van der Waals surface area contributed by atoms with Crippen molar-refractivity contribution in [2.24, 2.45) is 5.84 Å². The molecular weight excluding hydrogens is 268 g/mol. The number of hydrogen-bond acceptors (Lipinski definition) is 5. The Hall–Kier alpha value is -1.63. The Kier molecular flexibility index (Phi) is 5.55. The third kappa shape index (κ3) is 4.17. The number of nitrogens with two attached hydrogens (primary N) is 1. The molecule has 6 nitrogen and oxygen atoms in total. The van der Waals surface area contributed by atoms with Crippen LogP contribution in [0.5, 0.6) is 0 Å². The molecule has 1 unspecified atom stereocenters. The number of hydrogen-bond donors (Lipinski definition) is 3. The number of benzene rings is 1. The molecule has 1 aromatic rings. The van der Waals surface area contributed by atoms with Crippen molar-refractivity contribution in [2.75, 3.05) is 38.2 Å². The number of anilines is 1. The highest BCUT2D eigenvalue weighted by Crippen LogP contribution is 2.14. The quantitative estimate of drug-likeness (QED) is 0.551.